The molecule has 1 unspecified atom stereocenters. The van der Waals surface area contributed by atoms with Crippen molar-refractivity contribution in [1.29, 1.82) is 0 Å². The van der Waals surface area contributed by atoms with Gasteiger partial charge in [0.15, 0.2) is 0 Å². The number of hydrogen-bond donors (Lipinski definition) is 2. The van der Waals surface area contributed by atoms with E-state index in [2.05, 4.69) is 0 Å². The van der Waals surface area contributed by atoms with E-state index in [1.54, 1.807) is 12.1 Å². The first-order valence-electron chi connectivity index (χ1n) is 6.39. The molecule has 0 fully saturated rings. The first kappa shape index (κ1) is 16.4. The van der Waals surface area contributed by atoms with Crippen molar-refractivity contribution in [3.63, 3.8) is 0 Å². The standard InChI is InChI=1S/C14H20FNO4/c1-10-2-3-12(20-7-6-19-5-4-15)8-11(10)9-13(16)14(17)18/h2-3,8,13H,4-7,9,16H2,1H3,(H,17,18). The third kappa shape index (κ3) is 5.54. The molecule has 0 radical (unpaired) electrons. The maximum absolute atomic E-state index is 11.8. The largest absolute Gasteiger partial charge is 0.491 e. The van der Waals surface area contributed by atoms with Gasteiger partial charge >= 0.3 is 5.97 Å². The van der Waals surface area contributed by atoms with E-state index >= 15 is 0 Å². The van der Waals surface area contributed by atoms with E-state index in [1.807, 2.05) is 13.0 Å². The second-order valence-corrected chi connectivity index (χ2v) is 4.39. The van der Waals surface area contributed by atoms with Crippen LogP contribution in [0.15, 0.2) is 18.2 Å². The van der Waals surface area contributed by atoms with Crippen molar-refractivity contribution in [1.82, 2.24) is 0 Å². The Morgan fingerprint density at radius 1 is 1.40 bits per heavy atom. The summed E-state index contributed by atoms with van der Waals surface area (Å²) in [6.45, 7) is 2.06. The molecule has 1 aromatic carbocycles. The van der Waals surface area contributed by atoms with Gasteiger partial charge in [0.25, 0.3) is 0 Å². The van der Waals surface area contributed by atoms with Crippen LogP contribution in [0.5, 0.6) is 5.75 Å². The SMILES string of the molecule is Cc1ccc(OCCOCCF)cc1CC(N)C(=O)O. The lowest BCUT2D eigenvalue weighted by atomic mass is 10.0. The van der Waals surface area contributed by atoms with Crippen LogP contribution in [0.25, 0.3) is 0 Å². The number of carboxylic acid groups (broad SMARTS) is 1. The molecule has 0 aromatic heterocycles. The van der Waals surface area contributed by atoms with Crippen LogP contribution < -0.4 is 10.5 Å². The second-order valence-electron chi connectivity index (χ2n) is 4.39. The lowest BCUT2D eigenvalue weighted by Gasteiger charge is -2.12. The molecule has 6 heteroatoms. The molecule has 0 aliphatic rings. The zero-order valence-corrected chi connectivity index (χ0v) is 11.5. The molecule has 0 heterocycles. The quantitative estimate of drug-likeness (QED) is 0.669. The molecule has 5 nitrogen and oxygen atoms in total. The monoisotopic (exact) mass is 285 g/mol. The number of benzene rings is 1. The highest BCUT2D eigenvalue weighted by molar-refractivity contribution is 5.73. The summed E-state index contributed by atoms with van der Waals surface area (Å²) >= 11 is 0. The molecule has 1 aromatic rings. The summed E-state index contributed by atoms with van der Waals surface area (Å²) in [5.74, 6) is -0.414. The number of carboxylic acids is 1. The number of aliphatic carboxylic acids is 1. The summed E-state index contributed by atoms with van der Waals surface area (Å²) < 4.78 is 22.2. The second kappa shape index (κ2) is 8.50. The van der Waals surface area contributed by atoms with E-state index in [-0.39, 0.29) is 13.0 Å². The third-order valence-electron chi connectivity index (χ3n) is 2.80. The Balaban J connectivity index is 2.55. The average Bonchev–Trinajstić information content (AvgIpc) is 2.41. The lowest BCUT2D eigenvalue weighted by Crippen LogP contribution is -2.32. The average molecular weight is 285 g/mol. The van der Waals surface area contributed by atoms with Crippen molar-refractivity contribution in [2.75, 3.05) is 26.5 Å². The highest BCUT2D eigenvalue weighted by atomic mass is 19.1. The Morgan fingerprint density at radius 2 is 2.15 bits per heavy atom. The first-order valence-corrected chi connectivity index (χ1v) is 6.39. The minimum Gasteiger partial charge on any atom is -0.491 e. The Kier molecular flexibility index (Phi) is 6.97. The van der Waals surface area contributed by atoms with Crippen molar-refractivity contribution < 1.29 is 23.8 Å². The predicted molar refractivity (Wildman–Crippen MR) is 72.8 cm³/mol. The molecule has 0 bridgehead atoms. The molecule has 0 aliphatic carbocycles. The number of alkyl halides is 1. The third-order valence-corrected chi connectivity index (χ3v) is 2.80. The van der Waals surface area contributed by atoms with Gasteiger partial charge < -0.3 is 20.3 Å². The predicted octanol–water partition coefficient (Wildman–Crippen LogP) is 1.31. The van der Waals surface area contributed by atoms with Crippen LogP contribution in [0.3, 0.4) is 0 Å². The fourth-order valence-electron chi connectivity index (χ4n) is 1.66. The van der Waals surface area contributed by atoms with Gasteiger partial charge in [-0.1, -0.05) is 6.07 Å². The van der Waals surface area contributed by atoms with Crippen LogP contribution in [-0.4, -0.2) is 43.6 Å². The Labute approximate surface area is 117 Å². The number of nitrogens with two attached hydrogens (primary N) is 1. The molecule has 1 atom stereocenters. The Bertz CT molecular complexity index is 439. The van der Waals surface area contributed by atoms with Gasteiger partial charge in [-0.15, -0.1) is 0 Å². The fraction of sp³-hybridized carbons (Fsp3) is 0.500. The number of rotatable bonds is 9. The number of carbonyl (C=O) groups is 1. The zero-order valence-electron chi connectivity index (χ0n) is 11.5. The van der Waals surface area contributed by atoms with Crippen molar-refractivity contribution in [2.24, 2.45) is 5.73 Å². The van der Waals surface area contributed by atoms with Gasteiger partial charge in [-0.3, -0.25) is 4.79 Å². The number of ether oxygens (including phenoxy) is 2. The summed E-state index contributed by atoms with van der Waals surface area (Å²) in [5, 5.41) is 8.82. The van der Waals surface area contributed by atoms with E-state index in [0.29, 0.717) is 19.0 Å². The molecule has 0 saturated heterocycles. The Hall–Kier alpha value is -1.66. The molecule has 112 valence electrons. The van der Waals surface area contributed by atoms with E-state index in [1.165, 1.54) is 0 Å². The summed E-state index contributed by atoms with van der Waals surface area (Å²) in [6.07, 6.45) is 0.247. The van der Waals surface area contributed by atoms with Gasteiger partial charge in [-0.05, 0) is 36.6 Å². The summed E-state index contributed by atoms with van der Waals surface area (Å²) in [7, 11) is 0. The fourth-order valence-corrected chi connectivity index (χ4v) is 1.66. The molecule has 0 aliphatic heterocycles. The lowest BCUT2D eigenvalue weighted by molar-refractivity contribution is -0.138. The van der Waals surface area contributed by atoms with E-state index in [9.17, 15) is 9.18 Å². The van der Waals surface area contributed by atoms with Crippen molar-refractivity contribution in [3.05, 3.63) is 29.3 Å². The van der Waals surface area contributed by atoms with Gasteiger partial charge in [-0.2, -0.15) is 0 Å². The number of hydrogen-bond acceptors (Lipinski definition) is 4. The van der Waals surface area contributed by atoms with Crippen LogP contribution in [0.1, 0.15) is 11.1 Å². The van der Waals surface area contributed by atoms with E-state index in [4.69, 9.17) is 20.3 Å². The summed E-state index contributed by atoms with van der Waals surface area (Å²) in [4.78, 5) is 10.8. The van der Waals surface area contributed by atoms with E-state index in [0.717, 1.165) is 11.1 Å². The minimum absolute atomic E-state index is 0.0654. The van der Waals surface area contributed by atoms with Crippen LogP contribution in [0.4, 0.5) is 4.39 Å². The van der Waals surface area contributed by atoms with Crippen molar-refractivity contribution in [3.8, 4) is 5.75 Å². The van der Waals surface area contributed by atoms with Gasteiger partial charge in [0.2, 0.25) is 0 Å². The molecule has 0 spiro atoms. The first-order chi connectivity index (χ1) is 9.54. The minimum atomic E-state index is -1.03. The van der Waals surface area contributed by atoms with E-state index < -0.39 is 18.7 Å². The zero-order chi connectivity index (χ0) is 15.0. The Morgan fingerprint density at radius 3 is 2.80 bits per heavy atom. The molecule has 0 amide bonds. The molecule has 3 N–H and O–H groups in total. The van der Waals surface area contributed by atoms with Crippen molar-refractivity contribution in [2.45, 2.75) is 19.4 Å². The highest BCUT2D eigenvalue weighted by Gasteiger charge is 2.14. The summed E-state index contributed by atoms with van der Waals surface area (Å²) in [5.41, 5.74) is 7.32. The highest BCUT2D eigenvalue weighted by Crippen LogP contribution is 2.18. The van der Waals surface area contributed by atoms with Gasteiger partial charge in [0, 0.05) is 0 Å². The molecular weight excluding hydrogens is 265 g/mol. The van der Waals surface area contributed by atoms with Crippen molar-refractivity contribution >= 4 is 5.97 Å². The topological polar surface area (TPSA) is 81.8 Å². The maximum Gasteiger partial charge on any atom is 0.320 e. The van der Waals surface area contributed by atoms with Crippen LogP contribution in [0.2, 0.25) is 0 Å². The van der Waals surface area contributed by atoms with Gasteiger partial charge in [0.1, 0.15) is 25.1 Å². The van der Waals surface area contributed by atoms with Crippen LogP contribution in [-0.2, 0) is 16.0 Å². The smallest absolute Gasteiger partial charge is 0.320 e. The number of halogens is 1. The molecule has 0 saturated carbocycles. The van der Waals surface area contributed by atoms with Gasteiger partial charge in [0.05, 0.1) is 13.2 Å². The molecule has 20 heavy (non-hydrogen) atoms. The normalized spacial score (nSPS) is 12.2. The van der Waals surface area contributed by atoms with Gasteiger partial charge in [-0.25, -0.2) is 4.39 Å². The van der Waals surface area contributed by atoms with Crippen LogP contribution >= 0.6 is 0 Å². The molecule has 1 rings (SSSR count). The maximum atomic E-state index is 11.8. The number of aryl methyl sites for hydroxylation is 1. The summed E-state index contributed by atoms with van der Waals surface area (Å²) in [6, 6.07) is 4.48. The molecular formula is C14H20FNO4. The van der Waals surface area contributed by atoms with Crippen LogP contribution in [0, 0.1) is 6.92 Å².